The van der Waals surface area contributed by atoms with E-state index in [9.17, 15) is 0 Å². The summed E-state index contributed by atoms with van der Waals surface area (Å²) >= 11 is 0. The van der Waals surface area contributed by atoms with Crippen LogP contribution in [0.4, 0.5) is 0 Å². The molecule has 90 valence electrons. The average Bonchev–Trinajstić information content (AvgIpc) is 2.21. The zero-order valence-corrected chi connectivity index (χ0v) is 11.0. The Balaban J connectivity index is 2.39. The van der Waals surface area contributed by atoms with Gasteiger partial charge in [-0.25, -0.2) is 0 Å². The Bertz CT molecular complexity index is 292. The molecule has 1 atom stereocenters. The number of nitrogens with zero attached hydrogens (tertiary/aromatic N) is 1. The zero-order chi connectivity index (χ0) is 12.0. The van der Waals surface area contributed by atoms with Crippen LogP contribution in [-0.2, 0) is 6.54 Å². The van der Waals surface area contributed by atoms with E-state index >= 15 is 0 Å². The van der Waals surface area contributed by atoms with Gasteiger partial charge in [-0.2, -0.15) is 0 Å². The van der Waals surface area contributed by atoms with Crippen molar-refractivity contribution in [2.24, 2.45) is 5.92 Å². The predicted octanol–water partition coefficient (Wildman–Crippen LogP) is 2.28. The van der Waals surface area contributed by atoms with E-state index in [0.29, 0.717) is 5.92 Å². The molecule has 1 aromatic carbocycles. The van der Waals surface area contributed by atoms with Gasteiger partial charge in [-0.3, -0.25) is 0 Å². The molecular formula is C14H24N2. The topological polar surface area (TPSA) is 15.3 Å². The molecule has 0 bridgehead atoms. The van der Waals surface area contributed by atoms with Crippen LogP contribution in [0.5, 0.6) is 0 Å². The summed E-state index contributed by atoms with van der Waals surface area (Å²) in [4.78, 5) is 2.38. The standard InChI is InChI=1S/C14H24N2/c1-12-5-7-14(8-6-12)11-16(4)10-13(2)9-15-3/h5-8,13,15H,9-11H2,1-4H3. The molecule has 0 saturated heterocycles. The van der Waals surface area contributed by atoms with Crippen molar-refractivity contribution in [3.8, 4) is 0 Å². The molecule has 1 N–H and O–H groups in total. The predicted molar refractivity (Wildman–Crippen MR) is 70.6 cm³/mol. The van der Waals surface area contributed by atoms with Gasteiger partial charge in [0.1, 0.15) is 0 Å². The molecule has 1 rings (SSSR count). The lowest BCUT2D eigenvalue weighted by molar-refractivity contribution is 0.276. The van der Waals surface area contributed by atoms with Gasteiger partial charge in [0.05, 0.1) is 0 Å². The summed E-state index contributed by atoms with van der Waals surface area (Å²) < 4.78 is 0. The van der Waals surface area contributed by atoms with E-state index in [2.05, 4.69) is 55.4 Å². The summed E-state index contributed by atoms with van der Waals surface area (Å²) in [6, 6.07) is 8.80. The summed E-state index contributed by atoms with van der Waals surface area (Å²) in [5, 5.41) is 3.22. The minimum atomic E-state index is 0.695. The van der Waals surface area contributed by atoms with Crippen molar-refractivity contribution in [3.05, 3.63) is 35.4 Å². The van der Waals surface area contributed by atoms with Crippen LogP contribution < -0.4 is 5.32 Å². The van der Waals surface area contributed by atoms with Gasteiger partial charge in [-0.15, -0.1) is 0 Å². The first-order chi connectivity index (χ1) is 7.61. The number of hydrogen-bond acceptors (Lipinski definition) is 2. The smallest absolute Gasteiger partial charge is 0.0230 e. The van der Waals surface area contributed by atoms with Crippen LogP contribution in [0.2, 0.25) is 0 Å². The summed E-state index contributed by atoms with van der Waals surface area (Å²) in [7, 11) is 4.20. The van der Waals surface area contributed by atoms with E-state index < -0.39 is 0 Å². The molecule has 0 spiro atoms. The number of aryl methyl sites for hydroxylation is 1. The van der Waals surface area contributed by atoms with Gasteiger partial charge in [0.2, 0.25) is 0 Å². The van der Waals surface area contributed by atoms with Gasteiger partial charge >= 0.3 is 0 Å². The fourth-order valence-electron chi connectivity index (χ4n) is 2.01. The molecule has 1 aromatic rings. The summed E-state index contributed by atoms with van der Waals surface area (Å²) in [5.74, 6) is 0.695. The Labute approximate surface area is 99.7 Å². The van der Waals surface area contributed by atoms with Crippen molar-refractivity contribution in [1.82, 2.24) is 10.2 Å². The molecule has 0 amide bonds. The fraction of sp³-hybridized carbons (Fsp3) is 0.571. The molecular weight excluding hydrogens is 196 g/mol. The van der Waals surface area contributed by atoms with E-state index in [1.165, 1.54) is 11.1 Å². The Morgan fingerprint density at radius 2 is 1.88 bits per heavy atom. The van der Waals surface area contributed by atoms with E-state index in [0.717, 1.165) is 19.6 Å². The van der Waals surface area contributed by atoms with E-state index in [-0.39, 0.29) is 0 Å². The molecule has 0 fully saturated rings. The largest absolute Gasteiger partial charge is 0.319 e. The minimum Gasteiger partial charge on any atom is -0.319 e. The van der Waals surface area contributed by atoms with Crippen LogP contribution in [0.25, 0.3) is 0 Å². The normalized spacial score (nSPS) is 13.1. The lowest BCUT2D eigenvalue weighted by Crippen LogP contribution is -2.29. The van der Waals surface area contributed by atoms with Crippen LogP contribution in [0.3, 0.4) is 0 Å². The van der Waals surface area contributed by atoms with Gasteiger partial charge < -0.3 is 10.2 Å². The monoisotopic (exact) mass is 220 g/mol. The third-order valence-corrected chi connectivity index (χ3v) is 2.75. The molecule has 1 unspecified atom stereocenters. The second kappa shape index (κ2) is 6.66. The van der Waals surface area contributed by atoms with Gasteiger partial charge in [0.15, 0.2) is 0 Å². The lowest BCUT2D eigenvalue weighted by Gasteiger charge is -2.21. The Hall–Kier alpha value is -0.860. The molecule has 0 heterocycles. The third-order valence-electron chi connectivity index (χ3n) is 2.75. The molecule has 0 aromatic heterocycles. The molecule has 0 radical (unpaired) electrons. The van der Waals surface area contributed by atoms with Crippen LogP contribution in [0, 0.1) is 12.8 Å². The summed E-state index contributed by atoms with van der Waals surface area (Å²) in [5.41, 5.74) is 2.72. The van der Waals surface area contributed by atoms with Crippen LogP contribution in [0.15, 0.2) is 24.3 Å². The SMILES string of the molecule is CNCC(C)CN(C)Cc1ccc(C)cc1. The number of nitrogens with one attached hydrogen (secondary N) is 1. The van der Waals surface area contributed by atoms with Crippen molar-refractivity contribution in [1.29, 1.82) is 0 Å². The maximum atomic E-state index is 3.22. The molecule has 0 aliphatic carbocycles. The van der Waals surface area contributed by atoms with Crippen molar-refractivity contribution in [3.63, 3.8) is 0 Å². The maximum absolute atomic E-state index is 3.22. The molecule has 0 aliphatic heterocycles. The van der Waals surface area contributed by atoms with Gasteiger partial charge in [0.25, 0.3) is 0 Å². The van der Waals surface area contributed by atoms with Crippen LogP contribution >= 0.6 is 0 Å². The second-order valence-electron chi connectivity index (χ2n) is 4.85. The van der Waals surface area contributed by atoms with Crippen LogP contribution in [0.1, 0.15) is 18.1 Å². The van der Waals surface area contributed by atoms with Gasteiger partial charge in [0, 0.05) is 13.1 Å². The first-order valence-electron chi connectivity index (χ1n) is 6.00. The van der Waals surface area contributed by atoms with E-state index in [1.807, 2.05) is 7.05 Å². The first-order valence-corrected chi connectivity index (χ1v) is 6.00. The third kappa shape index (κ3) is 4.77. The molecule has 0 aliphatic rings. The lowest BCUT2D eigenvalue weighted by atomic mass is 10.1. The molecule has 16 heavy (non-hydrogen) atoms. The minimum absolute atomic E-state index is 0.695. The number of benzene rings is 1. The van der Waals surface area contributed by atoms with Crippen molar-refractivity contribution in [2.75, 3.05) is 27.2 Å². The number of rotatable bonds is 6. The molecule has 0 saturated carbocycles. The Morgan fingerprint density at radius 3 is 2.44 bits per heavy atom. The summed E-state index contributed by atoms with van der Waals surface area (Å²) in [6.45, 7) is 7.66. The number of hydrogen-bond donors (Lipinski definition) is 1. The zero-order valence-electron chi connectivity index (χ0n) is 11.0. The maximum Gasteiger partial charge on any atom is 0.0230 e. The highest BCUT2D eigenvalue weighted by Gasteiger charge is 2.05. The Kier molecular flexibility index (Phi) is 5.50. The summed E-state index contributed by atoms with van der Waals surface area (Å²) in [6.07, 6.45) is 0. The van der Waals surface area contributed by atoms with Crippen LogP contribution in [-0.4, -0.2) is 32.1 Å². The highest BCUT2D eigenvalue weighted by Crippen LogP contribution is 2.07. The van der Waals surface area contributed by atoms with E-state index in [1.54, 1.807) is 0 Å². The average molecular weight is 220 g/mol. The van der Waals surface area contributed by atoms with Gasteiger partial charge in [-0.1, -0.05) is 36.8 Å². The fourth-order valence-corrected chi connectivity index (χ4v) is 2.01. The van der Waals surface area contributed by atoms with Crippen molar-refractivity contribution < 1.29 is 0 Å². The highest BCUT2D eigenvalue weighted by molar-refractivity contribution is 5.21. The first kappa shape index (κ1) is 13.2. The van der Waals surface area contributed by atoms with E-state index in [4.69, 9.17) is 0 Å². The van der Waals surface area contributed by atoms with Crippen molar-refractivity contribution in [2.45, 2.75) is 20.4 Å². The molecule has 2 heteroatoms. The van der Waals surface area contributed by atoms with Crippen molar-refractivity contribution >= 4 is 0 Å². The second-order valence-corrected chi connectivity index (χ2v) is 4.85. The molecule has 2 nitrogen and oxygen atoms in total. The van der Waals surface area contributed by atoms with Gasteiger partial charge in [-0.05, 0) is 39.0 Å². The Morgan fingerprint density at radius 1 is 1.25 bits per heavy atom. The highest BCUT2D eigenvalue weighted by atomic mass is 15.1. The quantitative estimate of drug-likeness (QED) is 0.791.